The molecular weight excluding hydrogens is 386 g/mol. The summed E-state index contributed by atoms with van der Waals surface area (Å²) in [5, 5.41) is 3.29. The fraction of sp³-hybridized carbons (Fsp3) is 0.231. The highest BCUT2D eigenvalue weighted by Gasteiger charge is 2.24. The summed E-state index contributed by atoms with van der Waals surface area (Å²) in [6, 6.07) is 20.5. The number of hydrogen-bond donors (Lipinski definition) is 0. The van der Waals surface area contributed by atoms with Gasteiger partial charge in [-0.15, -0.1) is 0 Å². The Balaban J connectivity index is 1.88. The molecule has 156 valence electrons. The van der Waals surface area contributed by atoms with Gasteiger partial charge >= 0.3 is 5.97 Å². The fourth-order valence-electron chi connectivity index (χ4n) is 4.31. The molecule has 0 spiro atoms. The van der Waals surface area contributed by atoms with Gasteiger partial charge in [0.25, 0.3) is 0 Å². The van der Waals surface area contributed by atoms with Gasteiger partial charge in [-0.05, 0) is 45.0 Å². The maximum absolute atomic E-state index is 13.0. The molecule has 0 amide bonds. The predicted octanol–water partition coefficient (Wildman–Crippen LogP) is 5.84. The molecule has 31 heavy (non-hydrogen) atoms. The Bertz CT molecular complexity index is 1480. The minimum atomic E-state index is -0.591. The third-order valence-electron chi connectivity index (χ3n) is 5.70. The molecule has 5 nitrogen and oxygen atoms in total. The molecule has 0 atom stereocenters. The van der Waals surface area contributed by atoms with Crippen molar-refractivity contribution in [2.24, 2.45) is 14.1 Å². The molecule has 0 saturated heterocycles. The molecule has 0 aliphatic heterocycles. The second kappa shape index (κ2) is 6.71. The summed E-state index contributed by atoms with van der Waals surface area (Å²) in [5.41, 5.74) is 4.65. The number of carbonyl (C=O) groups is 1. The van der Waals surface area contributed by atoms with Crippen molar-refractivity contribution < 1.29 is 9.53 Å². The lowest BCUT2D eigenvalue weighted by Gasteiger charge is -2.19. The van der Waals surface area contributed by atoms with Crippen LogP contribution in [0.3, 0.4) is 0 Å². The summed E-state index contributed by atoms with van der Waals surface area (Å²) in [6.07, 6.45) is 0. The van der Waals surface area contributed by atoms with E-state index in [1.165, 1.54) is 0 Å². The van der Waals surface area contributed by atoms with Crippen molar-refractivity contribution in [3.8, 4) is 11.4 Å². The number of rotatable bonds is 2. The number of aryl methyl sites for hydroxylation is 2. The van der Waals surface area contributed by atoms with E-state index in [1.807, 2.05) is 65.2 Å². The number of carbonyl (C=O) groups excluding carboxylic acids is 1. The number of hydrogen-bond acceptors (Lipinski definition) is 3. The Labute approximate surface area is 180 Å². The van der Waals surface area contributed by atoms with E-state index in [-0.39, 0.29) is 0 Å². The van der Waals surface area contributed by atoms with Gasteiger partial charge in [-0.25, -0.2) is 9.78 Å². The van der Waals surface area contributed by atoms with Crippen LogP contribution in [-0.4, -0.2) is 25.7 Å². The van der Waals surface area contributed by atoms with Crippen LogP contribution in [0.2, 0.25) is 0 Å². The zero-order chi connectivity index (χ0) is 21.9. The summed E-state index contributed by atoms with van der Waals surface area (Å²) in [5.74, 6) is -0.417. The molecular formula is C26H25N3O2. The van der Waals surface area contributed by atoms with E-state index in [2.05, 4.69) is 39.5 Å². The number of nitrogens with zero attached hydrogens (tertiary/aromatic N) is 3. The maximum Gasteiger partial charge on any atom is 0.357 e. The predicted molar refractivity (Wildman–Crippen MR) is 125 cm³/mol. The minimum Gasteiger partial charge on any atom is -0.455 e. The van der Waals surface area contributed by atoms with Crippen LogP contribution in [0.15, 0.2) is 60.7 Å². The van der Waals surface area contributed by atoms with Crippen LogP contribution in [0.4, 0.5) is 0 Å². The average Bonchev–Trinajstić information content (AvgIpc) is 3.22. The first-order valence-corrected chi connectivity index (χ1v) is 10.4. The zero-order valence-corrected chi connectivity index (χ0v) is 18.4. The zero-order valence-electron chi connectivity index (χ0n) is 18.4. The van der Waals surface area contributed by atoms with E-state index in [0.29, 0.717) is 5.69 Å². The number of para-hydroxylation sites is 2. The van der Waals surface area contributed by atoms with Crippen molar-refractivity contribution in [3.05, 3.63) is 66.4 Å². The van der Waals surface area contributed by atoms with E-state index >= 15 is 0 Å². The topological polar surface area (TPSA) is 49.1 Å². The lowest BCUT2D eigenvalue weighted by Crippen LogP contribution is -2.24. The molecule has 2 aromatic carbocycles. The van der Waals surface area contributed by atoms with Crippen LogP contribution < -0.4 is 0 Å². The molecule has 0 aliphatic carbocycles. The molecule has 0 fully saturated rings. The van der Waals surface area contributed by atoms with Crippen LogP contribution in [0.25, 0.3) is 44.1 Å². The van der Waals surface area contributed by atoms with Crippen LogP contribution in [-0.2, 0) is 18.8 Å². The van der Waals surface area contributed by atoms with Gasteiger partial charge in [0.05, 0.1) is 16.9 Å². The lowest BCUT2D eigenvalue weighted by molar-refractivity contribution is 0.00631. The van der Waals surface area contributed by atoms with E-state index in [9.17, 15) is 4.79 Å². The van der Waals surface area contributed by atoms with Gasteiger partial charge in [0.1, 0.15) is 5.60 Å². The molecule has 3 heterocycles. The van der Waals surface area contributed by atoms with Gasteiger partial charge in [0.15, 0.2) is 5.69 Å². The van der Waals surface area contributed by atoms with Crippen molar-refractivity contribution in [1.82, 2.24) is 14.1 Å². The normalized spacial score (nSPS) is 12.2. The quantitative estimate of drug-likeness (QED) is 0.343. The first-order chi connectivity index (χ1) is 14.7. The Morgan fingerprint density at radius 3 is 2.26 bits per heavy atom. The summed E-state index contributed by atoms with van der Waals surface area (Å²) >= 11 is 0. The van der Waals surface area contributed by atoms with Gasteiger partial charge in [-0.3, -0.25) is 0 Å². The van der Waals surface area contributed by atoms with Crippen molar-refractivity contribution in [2.45, 2.75) is 26.4 Å². The first kappa shape index (κ1) is 19.4. The summed E-state index contributed by atoms with van der Waals surface area (Å²) in [4.78, 5) is 17.8. The number of esters is 1. The van der Waals surface area contributed by atoms with E-state index in [1.54, 1.807) is 0 Å². The number of ether oxygens (including phenoxy) is 1. The van der Waals surface area contributed by atoms with Crippen molar-refractivity contribution >= 4 is 38.7 Å². The van der Waals surface area contributed by atoms with Crippen molar-refractivity contribution in [2.75, 3.05) is 0 Å². The molecule has 0 saturated carbocycles. The van der Waals surface area contributed by atoms with Crippen LogP contribution in [0.5, 0.6) is 0 Å². The summed E-state index contributed by atoms with van der Waals surface area (Å²) in [6.45, 7) is 5.60. The number of aromatic nitrogens is 3. The number of pyridine rings is 1. The second-order valence-corrected chi connectivity index (χ2v) is 8.98. The standard InChI is InChI=1S/C26H25N3O2/c1-26(2,3)31-25(30)18-15-21-23(17-11-7-9-13-20(17)29(21)5)24(27-18)22-14-16-10-6-8-12-19(16)28(22)4/h6-15H,1-5H3. The highest BCUT2D eigenvalue weighted by atomic mass is 16.6. The number of fused-ring (bicyclic) bond motifs is 4. The van der Waals surface area contributed by atoms with Crippen LogP contribution in [0, 0.1) is 0 Å². The van der Waals surface area contributed by atoms with E-state index in [4.69, 9.17) is 9.72 Å². The largest absolute Gasteiger partial charge is 0.455 e. The smallest absolute Gasteiger partial charge is 0.357 e. The lowest BCUT2D eigenvalue weighted by atomic mass is 10.1. The Morgan fingerprint density at radius 2 is 1.55 bits per heavy atom. The highest BCUT2D eigenvalue weighted by Crippen LogP contribution is 2.37. The maximum atomic E-state index is 13.0. The van der Waals surface area contributed by atoms with Crippen LogP contribution in [0.1, 0.15) is 31.3 Å². The first-order valence-electron chi connectivity index (χ1n) is 10.4. The SMILES string of the molecule is Cn1c(-c2nc(C(=O)OC(C)(C)C)cc3c2c2ccccc2n3C)cc2ccccc21. The molecule has 5 heteroatoms. The molecule has 0 bridgehead atoms. The molecule has 0 N–H and O–H groups in total. The third kappa shape index (κ3) is 3.08. The second-order valence-electron chi connectivity index (χ2n) is 8.98. The van der Waals surface area contributed by atoms with Crippen LogP contribution >= 0.6 is 0 Å². The average molecular weight is 412 g/mol. The minimum absolute atomic E-state index is 0.314. The molecule has 0 aliphatic rings. The Hall–Kier alpha value is -3.60. The fourth-order valence-corrected chi connectivity index (χ4v) is 4.31. The molecule has 5 rings (SSSR count). The molecule has 0 radical (unpaired) electrons. The molecule has 0 unspecified atom stereocenters. The Morgan fingerprint density at radius 1 is 0.871 bits per heavy atom. The van der Waals surface area contributed by atoms with Crippen molar-refractivity contribution in [3.63, 3.8) is 0 Å². The number of benzene rings is 2. The van der Waals surface area contributed by atoms with E-state index < -0.39 is 11.6 Å². The Kier molecular flexibility index (Phi) is 4.19. The van der Waals surface area contributed by atoms with Gasteiger partial charge in [-0.2, -0.15) is 0 Å². The van der Waals surface area contributed by atoms with E-state index in [0.717, 1.165) is 44.1 Å². The summed E-state index contributed by atoms with van der Waals surface area (Å²) in [7, 11) is 4.06. The van der Waals surface area contributed by atoms with Gasteiger partial charge < -0.3 is 13.9 Å². The van der Waals surface area contributed by atoms with Gasteiger partial charge in [-0.1, -0.05) is 36.4 Å². The highest BCUT2D eigenvalue weighted by molar-refractivity contribution is 6.15. The molecule has 3 aromatic heterocycles. The van der Waals surface area contributed by atoms with Crippen molar-refractivity contribution in [1.29, 1.82) is 0 Å². The monoisotopic (exact) mass is 411 g/mol. The van der Waals surface area contributed by atoms with Gasteiger partial charge in [0.2, 0.25) is 0 Å². The third-order valence-corrected chi connectivity index (χ3v) is 5.70. The van der Waals surface area contributed by atoms with Gasteiger partial charge in [0, 0.05) is 41.3 Å². The molecule has 5 aromatic rings. The summed E-state index contributed by atoms with van der Waals surface area (Å²) < 4.78 is 9.90.